The first-order valence-electron chi connectivity index (χ1n) is 5.99. The number of phenols is 2. The standard InChI is InChI=1S/C14H8Br2Cl2N2O3/c15-7-1-6(12(21)10(16)2-7)5-19-20-14(23)9-3-8(17)4-11(18)13(9)22/h1-5,21-22H,(H,20,23)/b19-5+. The first kappa shape index (κ1) is 18.1. The third kappa shape index (κ3) is 4.38. The molecule has 0 aliphatic rings. The Balaban J connectivity index is 2.20. The highest BCUT2D eigenvalue weighted by atomic mass is 79.9. The van der Waals surface area contributed by atoms with Crippen molar-refractivity contribution in [2.45, 2.75) is 0 Å². The molecule has 5 nitrogen and oxygen atoms in total. The molecule has 0 fully saturated rings. The van der Waals surface area contributed by atoms with Gasteiger partial charge in [-0.1, -0.05) is 39.1 Å². The van der Waals surface area contributed by atoms with Gasteiger partial charge in [0, 0.05) is 15.1 Å². The van der Waals surface area contributed by atoms with Crippen molar-refractivity contribution in [3.63, 3.8) is 0 Å². The van der Waals surface area contributed by atoms with Crippen LogP contribution in [0.5, 0.6) is 11.5 Å². The van der Waals surface area contributed by atoms with E-state index in [0.29, 0.717) is 14.5 Å². The second-order valence-electron chi connectivity index (χ2n) is 4.31. The SMILES string of the molecule is O=C(N/N=C/c1cc(Br)cc(Br)c1O)c1cc(Cl)cc(Cl)c1O. The Bertz CT molecular complexity index is 813. The lowest BCUT2D eigenvalue weighted by Crippen LogP contribution is -2.17. The Morgan fingerprint density at radius 3 is 2.52 bits per heavy atom. The second-order valence-corrected chi connectivity index (χ2v) is 6.92. The molecule has 1 amide bonds. The highest BCUT2D eigenvalue weighted by Crippen LogP contribution is 2.32. The first-order valence-corrected chi connectivity index (χ1v) is 8.33. The van der Waals surface area contributed by atoms with Gasteiger partial charge in [-0.15, -0.1) is 0 Å². The minimum atomic E-state index is -0.697. The van der Waals surface area contributed by atoms with E-state index in [1.807, 2.05) is 0 Å². The number of hydrogen-bond donors (Lipinski definition) is 3. The molecule has 0 unspecified atom stereocenters. The van der Waals surface area contributed by atoms with Crippen molar-refractivity contribution in [1.29, 1.82) is 0 Å². The molecule has 2 aromatic rings. The van der Waals surface area contributed by atoms with Gasteiger partial charge < -0.3 is 10.2 Å². The Morgan fingerprint density at radius 1 is 1.13 bits per heavy atom. The number of amides is 1. The zero-order chi connectivity index (χ0) is 17.1. The number of hydrogen-bond acceptors (Lipinski definition) is 4. The van der Waals surface area contributed by atoms with Crippen molar-refractivity contribution in [2.24, 2.45) is 5.10 Å². The third-order valence-electron chi connectivity index (χ3n) is 2.70. The summed E-state index contributed by atoms with van der Waals surface area (Å²) in [4.78, 5) is 12.0. The van der Waals surface area contributed by atoms with Crippen molar-refractivity contribution in [1.82, 2.24) is 5.43 Å². The molecule has 23 heavy (non-hydrogen) atoms. The summed E-state index contributed by atoms with van der Waals surface area (Å²) in [6, 6.07) is 5.86. The smallest absolute Gasteiger partial charge is 0.275 e. The van der Waals surface area contributed by atoms with Crippen LogP contribution in [0.25, 0.3) is 0 Å². The lowest BCUT2D eigenvalue weighted by Gasteiger charge is -2.06. The van der Waals surface area contributed by atoms with Gasteiger partial charge in [0.25, 0.3) is 5.91 Å². The lowest BCUT2D eigenvalue weighted by atomic mass is 10.2. The third-order valence-corrected chi connectivity index (χ3v) is 4.27. The molecule has 0 aromatic heterocycles. The molecule has 0 atom stereocenters. The summed E-state index contributed by atoms with van der Waals surface area (Å²) in [6.07, 6.45) is 1.26. The molecular weight excluding hydrogens is 475 g/mol. The van der Waals surface area contributed by atoms with Gasteiger partial charge in [-0.3, -0.25) is 4.79 Å². The predicted octanol–water partition coefficient (Wildman–Crippen LogP) is 4.69. The molecule has 0 bridgehead atoms. The summed E-state index contributed by atoms with van der Waals surface area (Å²) in [5.74, 6) is -1.12. The zero-order valence-electron chi connectivity index (χ0n) is 11.1. The molecule has 3 N–H and O–H groups in total. The van der Waals surface area contributed by atoms with E-state index >= 15 is 0 Å². The summed E-state index contributed by atoms with van der Waals surface area (Å²) in [7, 11) is 0. The Kier molecular flexibility index (Phi) is 5.91. The molecule has 0 spiro atoms. The van der Waals surface area contributed by atoms with Crippen molar-refractivity contribution in [3.05, 3.63) is 54.4 Å². The first-order chi connectivity index (χ1) is 10.8. The van der Waals surface area contributed by atoms with E-state index in [2.05, 4.69) is 42.4 Å². The van der Waals surface area contributed by atoms with E-state index in [1.54, 1.807) is 12.1 Å². The summed E-state index contributed by atoms with van der Waals surface area (Å²) in [5.41, 5.74) is 2.48. The van der Waals surface area contributed by atoms with Gasteiger partial charge in [0.1, 0.15) is 11.5 Å². The number of aromatic hydroxyl groups is 2. The van der Waals surface area contributed by atoms with E-state index in [-0.39, 0.29) is 21.4 Å². The van der Waals surface area contributed by atoms with Crippen LogP contribution in [0, 0.1) is 0 Å². The van der Waals surface area contributed by atoms with Gasteiger partial charge in [-0.2, -0.15) is 5.10 Å². The van der Waals surface area contributed by atoms with Crippen molar-refractivity contribution in [3.8, 4) is 11.5 Å². The van der Waals surface area contributed by atoms with Gasteiger partial charge in [0.05, 0.1) is 21.3 Å². The highest BCUT2D eigenvalue weighted by molar-refractivity contribution is 9.11. The van der Waals surface area contributed by atoms with E-state index in [0.717, 1.165) is 0 Å². The van der Waals surface area contributed by atoms with Gasteiger partial charge in [-0.05, 0) is 40.2 Å². The fourth-order valence-corrected chi connectivity index (χ4v) is 3.40. The van der Waals surface area contributed by atoms with Gasteiger partial charge in [0.2, 0.25) is 0 Å². The normalized spacial score (nSPS) is 11.0. The molecule has 2 rings (SSSR count). The van der Waals surface area contributed by atoms with Crippen LogP contribution in [0.4, 0.5) is 0 Å². The van der Waals surface area contributed by atoms with Crippen molar-refractivity contribution in [2.75, 3.05) is 0 Å². The average Bonchev–Trinajstić information content (AvgIpc) is 2.47. The van der Waals surface area contributed by atoms with E-state index < -0.39 is 11.7 Å². The number of rotatable bonds is 3. The minimum absolute atomic E-state index is 0.0279. The topological polar surface area (TPSA) is 81.9 Å². The Morgan fingerprint density at radius 2 is 1.83 bits per heavy atom. The van der Waals surface area contributed by atoms with E-state index in [9.17, 15) is 15.0 Å². The van der Waals surface area contributed by atoms with Crippen LogP contribution in [-0.4, -0.2) is 22.3 Å². The van der Waals surface area contributed by atoms with Gasteiger partial charge in [0.15, 0.2) is 0 Å². The van der Waals surface area contributed by atoms with Crippen LogP contribution in [0.3, 0.4) is 0 Å². The van der Waals surface area contributed by atoms with Crippen LogP contribution in [0.2, 0.25) is 10.0 Å². The van der Waals surface area contributed by atoms with Gasteiger partial charge >= 0.3 is 0 Å². The Labute approximate surface area is 158 Å². The fourth-order valence-electron chi connectivity index (χ4n) is 1.64. The molecule has 0 aliphatic heterocycles. The number of benzene rings is 2. The van der Waals surface area contributed by atoms with Crippen LogP contribution in [0.15, 0.2) is 38.3 Å². The van der Waals surface area contributed by atoms with Crippen LogP contribution >= 0.6 is 55.1 Å². The molecule has 0 aliphatic carbocycles. The summed E-state index contributed by atoms with van der Waals surface area (Å²) in [5, 5.41) is 23.5. The molecule has 2 aromatic carbocycles. The van der Waals surface area contributed by atoms with Crippen LogP contribution in [-0.2, 0) is 0 Å². The number of carbonyl (C=O) groups is 1. The average molecular weight is 483 g/mol. The molecule has 9 heteroatoms. The molecule has 0 saturated heterocycles. The molecule has 0 saturated carbocycles. The van der Waals surface area contributed by atoms with Gasteiger partial charge in [-0.25, -0.2) is 5.43 Å². The maximum atomic E-state index is 12.0. The zero-order valence-corrected chi connectivity index (χ0v) is 15.8. The predicted molar refractivity (Wildman–Crippen MR) is 96.7 cm³/mol. The number of carbonyl (C=O) groups excluding carboxylic acids is 1. The molecular formula is C14H8Br2Cl2N2O3. The Hall–Kier alpha value is -1.28. The van der Waals surface area contributed by atoms with Crippen LogP contribution in [0.1, 0.15) is 15.9 Å². The monoisotopic (exact) mass is 480 g/mol. The second kappa shape index (κ2) is 7.53. The van der Waals surface area contributed by atoms with Crippen molar-refractivity contribution >= 4 is 67.2 Å². The summed E-state index contributed by atoms with van der Waals surface area (Å²) < 4.78 is 1.19. The molecule has 0 radical (unpaired) electrons. The number of halogens is 4. The van der Waals surface area contributed by atoms with Crippen molar-refractivity contribution < 1.29 is 15.0 Å². The maximum absolute atomic E-state index is 12.0. The highest BCUT2D eigenvalue weighted by Gasteiger charge is 2.15. The van der Waals surface area contributed by atoms with Crippen LogP contribution < -0.4 is 5.43 Å². The number of nitrogens with one attached hydrogen (secondary N) is 1. The minimum Gasteiger partial charge on any atom is -0.506 e. The largest absolute Gasteiger partial charge is 0.506 e. The van der Waals surface area contributed by atoms with E-state index in [1.165, 1.54) is 18.3 Å². The number of nitrogens with zero attached hydrogens (tertiary/aromatic N) is 1. The number of phenolic OH excluding ortho intramolecular Hbond substituents is 2. The number of hydrazone groups is 1. The lowest BCUT2D eigenvalue weighted by molar-refractivity contribution is 0.0952. The molecule has 120 valence electrons. The fraction of sp³-hybridized carbons (Fsp3) is 0. The summed E-state index contributed by atoms with van der Waals surface area (Å²) >= 11 is 18.0. The quantitative estimate of drug-likeness (QED) is 0.438. The summed E-state index contributed by atoms with van der Waals surface area (Å²) in [6.45, 7) is 0. The molecule has 0 heterocycles. The maximum Gasteiger partial charge on any atom is 0.275 e. The van der Waals surface area contributed by atoms with E-state index in [4.69, 9.17) is 23.2 Å².